The van der Waals surface area contributed by atoms with Crippen molar-refractivity contribution >= 4 is 15.9 Å². The average molecular weight is 437 g/mol. The molecule has 0 radical (unpaired) electrons. The molecule has 1 fully saturated rings. The summed E-state index contributed by atoms with van der Waals surface area (Å²) in [7, 11) is -4.14. The number of benzene rings is 1. The third-order valence-corrected chi connectivity index (χ3v) is 6.04. The van der Waals surface area contributed by atoms with Gasteiger partial charge in [0.2, 0.25) is 0 Å². The van der Waals surface area contributed by atoms with E-state index in [9.17, 15) is 26.4 Å². The van der Waals surface area contributed by atoms with Crippen LogP contribution in [0.5, 0.6) is 0 Å². The molecule has 1 aromatic heterocycles. The minimum Gasteiger partial charge on any atom is -0.542 e. The molecule has 11 heteroatoms. The summed E-state index contributed by atoms with van der Waals surface area (Å²) in [5.41, 5.74) is -0.190. The minimum absolute atomic E-state index is 0. The van der Waals surface area contributed by atoms with Crippen LogP contribution in [0, 0.1) is 0 Å². The van der Waals surface area contributed by atoms with E-state index in [4.69, 9.17) is 0 Å². The second kappa shape index (κ2) is 9.20. The Kier molecular flexibility index (Phi) is 7.58. The van der Waals surface area contributed by atoms with Crippen LogP contribution in [0.15, 0.2) is 35.2 Å². The van der Waals surface area contributed by atoms with Gasteiger partial charge in [-0.1, -0.05) is 19.3 Å². The third-order valence-electron chi connectivity index (χ3n) is 4.68. The van der Waals surface area contributed by atoms with Crippen molar-refractivity contribution < 1.29 is 55.9 Å². The van der Waals surface area contributed by atoms with Crippen LogP contribution in [-0.4, -0.2) is 24.1 Å². The Labute approximate surface area is 189 Å². The van der Waals surface area contributed by atoms with Gasteiger partial charge in [-0.05, 0) is 50.1 Å². The van der Waals surface area contributed by atoms with Crippen LogP contribution < -0.4 is 29.6 Å². The van der Waals surface area contributed by atoms with Crippen LogP contribution in [-0.2, 0) is 21.0 Å². The summed E-state index contributed by atoms with van der Waals surface area (Å²) >= 11 is 0. The second-order valence-corrected chi connectivity index (χ2v) is 8.38. The fourth-order valence-corrected chi connectivity index (χ4v) is 4.34. The summed E-state index contributed by atoms with van der Waals surface area (Å²) in [6.45, 7) is 1.02. The summed E-state index contributed by atoms with van der Waals surface area (Å²) in [6, 6.07) is 6.21. The summed E-state index contributed by atoms with van der Waals surface area (Å²) in [5.74, 6) is -0.890. The molecule has 0 saturated heterocycles. The van der Waals surface area contributed by atoms with Gasteiger partial charge in [0.1, 0.15) is 10.0 Å². The molecule has 1 aliphatic rings. The first-order valence-corrected chi connectivity index (χ1v) is 10.3. The van der Waals surface area contributed by atoms with E-state index in [1.165, 1.54) is 28.9 Å². The molecule has 1 saturated carbocycles. The van der Waals surface area contributed by atoms with Crippen molar-refractivity contribution in [2.45, 2.75) is 56.0 Å². The van der Waals surface area contributed by atoms with Gasteiger partial charge in [0, 0.05) is 11.6 Å². The van der Waals surface area contributed by atoms with Gasteiger partial charge in [0.05, 0.1) is 16.5 Å². The molecule has 3 rings (SSSR count). The summed E-state index contributed by atoms with van der Waals surface area (Å²) < 4.78 is 67.9. The number of hydrogen-bond donors (Lipinski definition) is 0. The van der Waals surface area contributed by atoms with Crippen LogP contribution in [0.4, 0.5) is 13.2 Å². The van der Waals surface area contributed by atoms with E-state index in [0.717, 1.165) is 45.1 Å². The van der Waals surface area contributed by atoms with Crippen molar-refractivity contribution in [1.29, 1.82) is 0 Å². The fourth-order valence-electron chi connectivity index (χ4n) is 3.41. The summed E-state index contributed by atoms with van der Waals surface area (Å²) in [4.78, 5) is 10.8. The van der Waals surface area contributed by atoms with Crippen LogP contribution in [0.1, 0.15) is 56.3 Å². The molecule has 1 heterocycles. The topological polar surface area (TPSA) is 83.1 Å². The number of aromatic nitrogens is 2. The van der Waals surface area contributed by atoms with E-state index in [1.807, 2.05) is 0 Å². The Bertz CT molecular complexity index is 966. The Hall–Kier alpha value is -1.36. The van der Waals surface area contributed by atoms with Crippen LogP contribution in [0.3, 0.4) is 0 Å². The smallest absolute Gasteiger partial charge is 0.542 e. The molecular weight excluding hydrogens is 418 g/mol. The molecule has 0 aliphatic heterocycles. The summed E-state index contributed by atoms with van der Waals surface area (Å²) in [6.07, 6.45) is -0.0525. The zero-order valence-electron chi connectivity index (χ0n) is 16.1. The van der Waals surface area contributed by atoms with Gasteiger partial charge in [-0.2, -0.15) is 18.3 Å². The molecule has 0 N–H and O–H groups in total. The maximum absolute atomic E-state index is 13.2. The quantitative estimate of drug-likeness (QED) is 0.680. The number of amides is 1. The molecule has 1 aromatic carbocycles. The number of carbonyl (C=O) groups excluding carboxylic acids is 1. The van der Waals surface area contributed by atoms with Gasteiger partial charge in [0.15, 0.2) is 5.69 Å². The molecule has 6 nitrogen and oxygen atoms in total. The van der Waals surface area contributed by atoms with Gasteiger partial charge in [-0.3, -0.25) is 0 Å². The Morgan fingerprint density at radius 3 is 2.24 bits per heavy atom. The Morgan fingerprint density at radius 2 is 1.72 bits per heavy atom. The standard InChI is InChI=1S/C18H20F3N3O3S.Na/c1-12(25)23-28(26,27)15-9-7-14(8-10-15)24-16(13-5-3-2-4-6-13)11-17(22-24)18(19,20)21;/h7-11,13H,2-6H2,1H3,(H,23,25);/q;+1/p-1. The number of carbonyl (C=O) groups is 1. The van der Waals surface area contributed by atoms with E-state index >= 15 is 0 Å². The zero-order chi connectivity index (χ0) is 20.5. The monoisotopic (exact) mass is 437 g/mol. The first kappa shape index (κ1) is 23.9. The van der Waals surface area contributed by atoms with E-state index in [0.29, 0.717) is 11.4 Å². The number of sulfonamides is 1. The number of alkyl halides is 3. The van der Waals surface area contributed by atoms with Gasteiger partial charge >= 0.3 is 35.7 Å². The van der Waals surface area contributed by atoms with E-state index in [2.05, 4.69) is 9.82 Å². The molecule has 1 amide bonds. The van der Waals surface area contributed by atoms with Crippen LogP contribution >= 0.6 is 0 Å². The van der Waals surface area contributed by atoms with Crippen LogP contribution in [0.25, 0.3) is 10.4 Å². The first-order chi connectivity index (χ1) is 13.1. The van der Waals surface area contributed by atoms with Crippen molar-refractivity contribution in [1.82, 2.24) is 9.78 Å². The number of rotatable bonds is 4. The number of hydrogen-bond acceptors (Lipinski definition) is 4. The van der Waals surface area contributed by atoms with E-state index < -0.39 is 27.8 Å². The maximum Gasteiger partial charge on any atom is 1.00 e. The van der Waals surface area contributed by atoms with E-state index in [1.54, 1.807) is 0 Å². The number of nitrogens with zero attached hydrogens (tertiary/aromatic N) is 3. The predicted octanol–water partition coefficient (Wildman–Crippen LogP) is 1.55. The fraction of sp³-hybridized carbons (Fsp3) is 0.444. The molecule has 0 atom stereocenters. The zero-order valence-corrected chi connectivity index (χ0v) is 18.9. The SMILES string of the molecule is CC(=O)[N-]S(=O)(=O)c1ccc(-n2nc(C(F)(F)F)cc2C2CCCCC2)cc1.[Na+]. The average Bonchev–Trinajstić information content (AvgIpc) is 3.07. The van der Waals surface area contributed by atoms with Crippen molar-refractivity contribution in [2.24, 2.45) is 0 Å². The first-order valence-electron chi connectivity index (χ1n) is 8.84. The van der Waals surface area contributed by atoms with Gasteiger partial charge in [-0.25, -0.2) is 13.1 Å². The molecular formula is C18H19F3N3NaO3S. The van der Waals surface area contributed by atoms with Crippen molar-refractivity contribution in [3.05, 3.63) is 46.4 Å². The summed E-state index contributed by atoms with van der Waals surface area (Å²) in [5, 5.41) is 3.73. The maximum atomic E-state index is 13.2. The molecule has 2 aromatic rings. The molecule has 0 bridgehead atoms. The minimum atomic E-state index is -4.57. The molecule has 0 spiro atoms. The third kappa shape index (κ3) is 5.62. The van der Waals surface area contributed by atoms with E-state index in [-0.39, 0.29) is 40.4 Å². The molecule has 29 heavy (non-hydrogen) atoms. The Morgan fingerprint density at radius 1 is 1.14 bits per heavy atom. The number of halogens is 3. The normalized spacial score (nSPS) is 15.6. The van der Waals surface area contributed by atoms with Crippen molar-refractivity contribution in [3.8, 4) is 5.69 Å². The molecule has 152 valence electrons. The second-order valence-electron chi connectivity index (χ2n) is 6.78. The van der Waals surface area contributed by atoms with Crippen molar-refractivity contribution in [2.75, 3.05) is 0 Å². The van der Waals surface area contributed by atoms with Gasteiger partial charge in [-0.15, -0.1) is 0 Å². The van der Waals surface area contributed by atoms with Gasteiger partial charge < -0.3 is 9.52 Å². The largest absolute Gasteiger partial charge is 1.00 e. The van der Waals surface area contributed by atoms with Crippen LogP contribution in [0.2, 0.25) is 0 Å². The van der Waals surface area contributed by atoms with Gasteiger partial charge in [0.25, 0.3) is 0 Å². The molecule has 0 unspecified atom stereocenters. The Balaban J connectivity index is 0.00000300. The molecule has 1 aliphatic carbocycles. The van der Waals surface area contributed by atoms with Crippen molar-refractivity contribution in [3.63, 3.8) is 0 Å². The predicted molar refractivity (Wildman–Crippen MR) is 95.6 cm³/mol.